The minimum absolute atomic E-state index is 0.0259. The van der Waals surface area contributed by atoms with Gasteiger partial charge in [0.05, 0.1) is 19.1 Å². The van der Waals surface area contributed by atoms with Crippen molar-refractivity contribution in [2.45, 2.75) is 57.3 Å². The van der Waals surface area contributed by atoms with Gasteiger partial charge in [0.2, 0.25) is 23.6 Å². The zero-order valence-corrected chi connectivity index (χ0v) is 19.2. The molecule has 0 aliphatic heterocycles. The summed E-state index contributed by atoms with van der Waals surface area (Å²) in [4.78, 5) is 60.6. The van der Waals surface area contributed by atoms with Crippen molar-refractivity contribution in [1.29, 1.82) is 0 Å². The van der Waals surface area contributed by atoms with E-state index >= 15 is 0 Å². The highest BCUT2D eigenvalue weighted by Crippen LogP contribution is 2.07. The number of carboxylic acid groups (broad SMARTS) is 1. The predicted octanol–water partition coefficient (Wildman–Crippen LogP) is -1.99. The number of primary amides is 1. The largest absolute Gasteiger partial charge is 0.480 e. The van der Waals surface area contributed by atoms with Crippen molar-refractivity contribution in [3.05, 3.63) is 35.9 Å². The van der Waals surface area contributed by atoms with E-state index in [1.165, 1.54) is 0 Å². The van der Waals surface area contributed by atoms with Crippen molar-refractivity contribution >= 4 is 29.6 Å². The first-order valence-electron chi connectivity index (χ1n) is 10.8. The normalized spacial score (nSPS) is 15.2. The van der Waals surface area contributed by atoms with Gasteiger partial charge < -0.3 is 37.6 Å². The fraction of sp³-hybridized carbons (Fsp3) is 0.500. The number of benzene rings is 1. The molecule has 0 radical (unpaired) electrons. The van der Waals surface area contributed by atoms with Crippen LogP contribution in [-0.2, 0) is 30.4 Å². The molecule has 0 aromatic heterocycles. The van der Waals surface area contributed by atoms with E-state index in [2.05, 4.69) is 16.0 Å². The number of aliphatic hydroxyl groups excluding tert-OH is 1. The summed E-state index contributed by atoms with van der Waals surface area (Å²) in [6.45, 7) is 2.71. The number of carbonyl (C=O) groups excluding carboxylic acids is 4. The Labute approximate surface area is 197 Å². The Morgan fingerprint density at radius 1 is 0.912 bits per heavy atom. The van der Waals surface area contributed by atoms with Crippen LogP contribution < -0.4 is 27.4 Å². The predicted molar refractivity (Wildman–Crippen MR) is 122 cm³/mol. The van der Waals surface area contributed by atoms with Gasteiger partial charge in [-0.2, -0.15) is 0 Å². The number of aliphatic hydroxyl groups is 1. The second-order valence-corrected chi connectivity index (χ2v) is 7.98. The van der Waals surface area contributed by atoms with Crippen LogP contribution in [0.2, 0.25) is 0 Å². The van der Waals surface area contributed by atoms with Crippen LogP contribution in [0.25, 0.3) is 0 Å². The molecular formula is C22H33N5O7. The number of nitrogens with two attached hydrogens (primary N) is 2. The second-order valence-electron chi connectivity index (χ2n) is 7.98. The van der Waals surface area contributed by atoms with Crippen molar-refractivity contribution in [1.82, 2.24) is 16.0 Å². The monoisotopic (exact) mass is 479 g/mol. The van der Waals surface area contributed by atoms with E-state index in [1.54, 1.807) is 37.3 Å². The van der Waals surface area contributed by atoms with Gasteiger partial charge in [0.15, 0.2) is 0 Å². The Kier molecular flexibility index (Phi) is 11.7. The molecule has 34 heavy (non-hydrogen) atoms. The van der Waals surface area contributed by atoms with Gasteiger partial charge in [0, 0.05) is 6.42 Å². The third kappa shape index (κ3) is 9.16. The minimum Gasteiger partial charge on any atom is -0.480 e. The molecule has 1 aromatic carbocycles. The molecule has 1 aromatic rings. The van der Waals surface area contributed by atoms with Gasteiger partial charge in [0.1, 0.15) is 18.1 Å². The number of carbonyl (C=O) groups is 5. The highest BCUT2D eigenvalue weighted by Gasteiger charge is 2.31. The van der Waals surface area contributed by atoms with Gasteiger partial charge in [0.25, 0.3) is 0 Å². The smallest absolute Gasteiger partial charge is 0.326 e. The van der Waals surface area contributed by atoms with Gasteiger partial charge in [-0.25, -0.2) is 4.79 Å². The van der Waals surface area contributed by atoms with E-state index in [1.807, 2.05) is 6.92 Å². The number of nitrogens with one attached hydrogen (secondary N) is 3. The molecule has 0 aliphatic carbocycles. The SMILES string of the molecule is CCC(C)C(N)C(=O)NC(CC(N)=O)C(=O)NC(CO)C(=O)NC(Cc1ccccc1)C(=O)O. The average molecular weight is 480 g/mol. The first kappa shape index (κ1) is 28.5. The molecule has 4 amide bonds. The summed E-state index contributed by atoms with van der Waals surface area (Å²) in [5.74, 6) is -5.01. The fourth-order valence-electron chi connectivity index (χ4n) is 2.98. The third-order valence-corrected chi connectivity index (χ3v) is 5.31. The molecule has 0 fully saturated rings. The van der Waals surface area contributed by atoms with Crippen LogP contribution in [0.3, 0.4) is 0 Å². The third-order valence-electron chi connectivity index (χ3n) is 5.31. The van der Waals surface area contributed by atoms with Crippen LogP contribution in [0.15, 0.2) is 30.3 Å². The lowest BCUT2D eigenvalue weighted by atomic mass is 9.99. The van der Waals surface area contributed by atoms with Gasteiger partial charge in [-0.1, -0.05) is 50.6 Å². The van der Waals surface area contributed by atoms with E-state index in [4.69, 9.17) is 11.5 Å². The summed E-state index contributed by atoms with van der Waals surface area (Å²) in [6, 6.07) is 3.31. The summed E-state index contributed by atoms with van der Waals surface area (Å²) < 4.78 is 0. The van der Waals surface area contributed by atoms with Crippen LogP contribution in [0.5, 0.6) is 0 Å². The van der Waals surface area contributed by atoms with Crippen LogP contribution >= 0.6 is 0 Å². The number of hydrogen-bond donors (Lipinski definition) is 7. The summed E-state index contributed by atoms with van der Waals surface area (Å²) in [7, 11) is 0. The first-order chi connectivity index (χ1) is 16.0. The second kappa shape index (κ2) is 13.9. The van der Waals surface area contributed by atoms with Crippen molar-refractivity contribution in [2.24, 2.45) is 17.4 Å². The van der Waals surface area contributed by atoms with E-state index in [-0.39, 0.29) is 12.3 Å². The van der Waals surface area contributed by atoms with Crippen molar-refractivity contribution in [2.75, 3.05) is 6.61 Å². The van der Waals surface area contributed by atoms with E-state index in [0.29, 0.717) is 12.0 Å². The molecule has 1 rings (SSSR count). The summed E-state index contributed by atoms with van der Waals surface area (Å²) in [5.41, 5.74) is 11.7. The molecule has 12 heteroatoms. The van der Waals surface area contributed by atoms with E-state index in [0.717, 1.165) is 0 Å². The standard InChI is InChI=1S/C22H33N5O7/c1-3-12(2)18(24)21(32)25-14(10-17(23)29)19(30)27-16(11-28)20(31)26-15(22(33)34)9-13-7-5-4-6-8-13/h4-8,12,14-16,18,28H,3,9-11,24H2,1-2H3,(H2,23,29)(H,25,32)(H,26,31)(H,27,30)(H,33,34). The fourth-order valence-corrected chi connectivity index (χ4v) is 2.98. The van der Waals surface area contributed by atoms with E-state index in [9.17, 15) is 34.2 Å². The summed E-state index contributed by atoms with van der Waals surface area (Å²) in [6.07, 6.45) is -0.0000547. The molecule has 5 unspecified atom stereocenters. The van der Waals surface area contributed by atoms with Crippen LogP contribution in [0.4, 0.5) is 0 Å². The zero-order chi connectivity index (χ0) is 25.8. The van der Waals surface area contributed by atoms with Gasteiger partial charge in [-0.3, -0.25) is 19.2 Å². The molecule has 188 valence electrons. The van der Waals surface area contributed by atoms with Gasteiger partial charge in [-0.15, -0.1) is 0 Å². The van der Waals surface area contributed by atoms with Crippen molar-refractivity contribution in [3.63, 3.8) is 0 Å². The maximum absolute atomic E-state index is 12.7. The van der Waals surface area contributed by atoms with Crippen molar-refractivity contribution in [3.8, 4) is 0 Å². The topological polar surface area (TPSA) is 214 Å². The number of hydrogen-bond acceptors (Lipinski definition) is 7. The van der Waals surface area contributed by atoms with Gasteiger partial charge in [-0.05, 0) is 11.5 Å². The van der Waals surface area contributed by atoms with Crippen LogP contribution in [0.1, 0.15) is 32.3 Å². The Balaban J connectivity index is 2.89. The van der Waals surface area contributed by atoms with Crippen LogP contribution in [-0.4, -0.2) is 70.6 Å². The first-order valence-corrected chi connectivity index (χ1v) is 10.8. The molecule has 0 heterocycles. The number of amides is 4. The summed E-state index contributed by atoms with van der Waals surface area (Å²) in [5, 5.41) is 25.9. The van der Waals surface area contributed by atoms with Gasteiger partial charge >= 0.3 is 5.97 Å². The highest BCUT2D eigenvalue weighted by molar-refractivity contribution is 5.96. The number of rotatable bonds is 14. The molecule has 0 bridgehead atoms. The Hall–Kier alpha value is -3.51. The maximum atomic E-state index is 12.7. The molecule has 0 aliphatic rings. The molecule has 9 N–H and O–H groups in total. The molecule has 12 nitrogen and oxygen atoms in total. The Morgan fingerprint density at radius 3 is 1.94 bits per heavy atom. The van der Waals surface area contributed by atoms with E-state index < -0.39 is 66.8 Å². The molecule has 5 atom stereocenters. The number of aliphatic carboxylic acids is 1. The molecular weight excluding hydrogens is 446 g/mol. The van der Waals surface area contributed by atoms with Crippen LogP contribution in [0, 0.1) is 5.92 Å². The maximum Gasteiger partial charge on any atom is 0.326 e. The quantitative estimate of drug-likeness (QED) is 0.158. The summed E-state index contributed by atoms with van der Waals surface area (Å²) >= 11 is 0. The lowest BCUT2D eigenvalue weighted by Gasteiger charge is -2.25. The molecule has 0 saturated heterocycles. The van der Waals surface area contributed by atoms with Crippen molar-refractivity contribution < 1.29 is 34.2 Å². The minimum atomic E-state index is -1.54. The Bertz CT molecular complexity index is 864. The average Bonchev–Trinajstić information content (AvgIpc) is 2.80. The highest BCUT2D eigenvalue weighted by atomic mass is 16.4. The number of carboxylic acids is 1. The molecule has 0 spiro atoms. The lowest BCUT2D eigenvalue weighted by molar-refractivity contribution is -0.142. The lowest BCUT2D eigenvalue weighted by Crippen LogP contribution is -2.59. The molecule has 0 saturated carbocycles. The Morgan fingerprint density at radius 2 is 1.44 bits per heavy atom. The zero-order valence-electron chi connectivity index (χ0n) is 19.2.